The van der Waals surface area contributed by atoms with Crippen molar-refractivity contribution in [1.82, 2.24) is 9.21 Å². The van der Waals surface area contributed by atoms with Gasteiger partial charge in [-0.3, -0.25) is 4.79 Å². The Morgan fingerprint density at radius 3 is 2.29 bits per heavy atom. The van der Waals surface area contributed by atoms with E-state index in [1.165, 1.54) is 23.4 Å². The predicted molar refractivity (Wildman–Crippen MR) is 82.6 cm³/mol. The summed E-state index contributed by atoms with van der Waals surface area (Å²) in [7, 11) is -1.68. The topological polar surface area (TPSA) is 66.9 Å². The Bertz CT molecular complexity index is 403. The van der Waals surface area contributed by atoms with Gasteiger partial charge < -0.3 is 9.64 Å². The Kier molecular flexibility index (Phi) is 8.21. The minimum absolute atomic E-state index is 0.0669. The quantitative estimate of drug-likeness (QED) is 0.628. The van der Waals surface area contributed by atoms with Gasteiger partial charge in [0.05, 0.1) is 6.26 Å². The normalized spacial score (nSPS) is 17.0. The van der Waals surface area contributed by atoms with Gasteiger partial charge in [-0.2, -0.15) is 0 Å². The van der Waals surface area contributed by atoms with Crippen LogP contribution in [0.1, 0.15) is 38.5 Å². The highest BCUT2D eigenvalue weighted by atomic mass is 32.2. The Balaban J connectivity index is 2.45. The molecule has 0 atom stereocenters. The number of carbonyl (C=O) groups is 1. The van der Waals surface area contributed by atoms with E-state index in [9.17, 15) is 13.2 Å². The Hall–Kier alpha value is -0.660. The molecule has 124 valence electrons. The van der Waals surface area contributed by atoms with Gasteiger partial charge in [0, 0.05) is 46.3 Å². The summed E-state index contributed by atoms with van der Waals surface area (Å²) in [5, 5.41) is 0. The van der Waals surface area contributed by atoms with E-state index in [0.717, 1.165) is 25.9 Å². The Labute approximate surface area is 128 Å². The lowest BCUT2D eigenvalue weighted by Crippen LogP contribution is -2.37. The van der Waals surface area contributed by atoms with Crippen molar-refractivity contribution in [1.29, 1.82) is 0 Å². The average Bonchev–Trinajstić information content (AvgIpc) is 2.70. The van der Waals surface area contributed by atoms with Crippen LogP contribution in [0.3, 0.4) is 0 Å². The van der Waals surface area contributed by atoms with Crippen molar-refractivity contribution in [3.05, 3.63) is 0 Å². The monoisotopic (exact) mass is 320 g/mol. The molecule has 1 aliphatic rings. The lowest BCUT2D eigenvalue weighted by Gasteiger charge is -2.23. The van der Waals surface area contributed by atoms with E-state index in [0.29, 0.717) is 19.6 Å². The highest BCUT2D eigenvalue weighted by Gasteiger charge is 2.20. The second-order valence-electron chi connectivity index (χ2n) is 5.55. The number of rotatable bonds is 8. The first-order chi connectivity index (χ1) is 9.95. The molecule has 0 spiro atoms. The third-order valence-electron chi connectivity index (χ3n) is 3.76. The minimum Gasteiger partial charge on any atom is -0.385 e. The van der Waals surface area contributed by atoms with Crippen molar-refractivity contribution in [3.8, 4) is 0 Å². The Morgan fingerprint density at radius 2 is 1.76 bits per heavy atom. The molecule has 0 N–H and O–H groups in total. The number of ether oxygens (including phenoxy) is 1. The fraction of sp³-hybridized carbons (Fsp3) is 0.929. The standard InChI is InChI=1S/C14H28N2O4S/c1-20-13-7-11-16(21(2,18)19)12-8-14(17)15-9-5-3-4-6-10-15/h3-13H2,1-2H3. The van der Waals surface area contributed by atoms with Crippen molar-refractivity contribution in [2.24, 2.45) is 0 Å². The van der Waals surface area contributed by atoms with Crippen molar-refractivity contribution in [3.63, 3.8) is 0 Å². The molecular weight excluding hydrogens is 292 g/mol. The van der Waals surface area contributed by atoms with Gasteiger partial charge in [0.1, 0.15) is 0 Å². The summed E-state index contributed by atoms with van der Waals surface area (Å²) in [4.78, 5) is 14.1. The fourth-order valence-corrected chi connectivity index (χ4v) is 3.41. The van der Waals surface area contributed by atoms with Crippen molar-refractivity contribution in [2.75, 3.05) is 46.2 Å². The summed E-state index contributed by atoms with van der Waals surface area (Å²) < 4.78 is 29.8. The Morgan fingerprint density at radius 1 is 1.14 bits per heavy atom. The molecule has 1 amide bonds. The maximum absolute atomic E-state index is 12.2. The SMILES string of the molecule is COCCCN(CCC(=O)N1CCCCCC1)S(C)(=O)=O. The molecular formula is C14H28N2O4S. The van der Waals surface area contributed by atoms with Gasteiger partial charge >= 0.3 is 0 Å². The lowest BCUT2D eigenvalue weighted by atomic mass is 10.2. The fourth-order valence-electron chi connectivity index (χ4n) is 2.53. The summed E-state index contributed by atoms with van der Waals surface area (Å²) in [5.74, 6) is 0.0669. The molecule has 0 aliphatic carbocycles. The minimum atomic E-state index is -3.27. The first-order valence-corrected chi connectivity index (χ1v) is 9.52. The van der Waals surface area contributed by atoms with Gasteiger partial charge in [-0.05, 0) is 19.3 Å². The molecule has 0 aromatic carbocycles. The van der Waals surface area contributed by atoms with Crippen LogP contribution in [-0.4, -0.2) is 69.7 Å². The van der Waals surface area contributed by atoms with Crippen molar-refractivity contribution in [2.45, 2.75) is 38.5 Å². The van der Waals surface area contributed by atoms with Gasteiger partial charge in [0.2, 0.25) is 15.9 Å². The zero-order valence-electron chi connectivity index (χ0n) is 13.2. The number of hydrogen-bond donors (Lipinski definition) is 0. The smallest absolute Gasteiger partial charge is 0.223 e. The van der Waals surface area contributed by atoms with Gasteiger partial charge in [-0.1, -0.05) is 12.8 Å². The molecule has 6 nitrogen and oxygen atoms in total. The van der Waals surface area contributed by atoms with Crippen LogP contribution in [0.5, 0.6) is 0 Å². The van der Waals surface area contributed by atoms with E-state index in [2.05, 4.69) is 0 Å². The second kappa shape index (κ2) is 9.38. The molecule has 1 fully saturated rings. The van der Waals surface area contributed by atoms with E-state index in [1.54, 1.807) is 7.11 Å². The molecule has 1 saturated heterocycles. The first-order valence-electron chi connectivity index (χ1n) is 7.67. The first kappa shape index (κ1) is 18.4. The van der Waals surface area contributed by atoms with Crippen LogP contribution in [-0.2, 0) is 19.6 Å². The summed E-state index contributed by atoms with van der Waals surface area (Å²) in [6.07, 6.45) is 6.55. The van der Waals surface area contributed by atoms with E-state index in [-0.39, 0.29) is 18.9 Å². The van der Waals surface area contributed by atoms with Crippen molar-refractivity contribution < 1.29 is 17.9 Å². The van der Waals surface area contributed by atoms with E-state index >= 15 is 0 Å². The van der Waals surface area contributed by atoms with Crippen LogP contribution < -0.4 is 0 Å². The van der Waals surface area contributed by atoms with Crippen LogP contribution in [0.15, 0.2) is 0 Å². The summed E-state index contributed by atoms with van der Waals surface area (Å²) in [5.41, 5.74) is 0. The second-order valence-corrected chi connectivity index (χ2v) is 7.54. The molecule has 1 rings (SSSR count). The maximum Gasteiger partial charge on any atom is 0.223 e. The summed E-state index contributed by atoms with van der Waals surface area (Å²) >= 11 is 0. The number of carbonyl (C=O) groups excluding carboxylic acids is 1. The highest BCUT2D eigenvalue weighted by Crippen LogP contribution is 2.11. The molecule has 0 aromatic heterocycles. The van der Waals surface area contributed by atoms with Crippen molar-refractivity contribution >= 4 is 15.9 Å². The van der Waals surface area contributed by atoms with Crippen LogP contribution in [0.2, 0.25) is 0 Å². The van der Waals surface area contributed by atoms with E-state index in [4.69, 9.17) is 4.74 Å². The average molecular weight is 320 g/mol. The molecule has 0 bridgehead atoms. The zero-order valence-corrected chi connectivity index (χ0v) is 14.0. The van der Waals surface area contributed by atoms with Crippen LogP contribution in [0.4, 0.5) is 0 Å². The van der Waals surface area contributed by atoms with E-state index in [1.807, 2.05) is 4.90 Å². The van der Waals surface area contributed by atoms with E-state index < -0.39 is 10.0 Å². The molecule has 21 heavy (non-hydrogen) atoms. The summed E-state index contributed by atoms with van der Waals surface area (Å²) in [6, 6.07) is 0. The molecule has 1 heterocycles. The highest BCUT2D eigenvalue weighted by molar-refractivity contribution is 7.88. The van der Waals surface area contributed by atoms with Crippen LogP contribution in [0.25, 0.3) is 0 Å². The van der Waals surface area contributed by atoms with Crippen LogP contribution in [0, 0.1) is 0 Å². The largest absolute Gasteiger partial charge is 0.385 e. The number of amides is 1. The maximum atomic E-state index is 12.2. The molecule has 0 radical (unpaired) electrons. The predicted octanol–water partition coefficient (Wildman–Crippen LogP) is 1.08. The number of methoxy groups -OCH3 is 1. The molecule has 1 aliphatic heterocycles. The lowest BCUT2D eigenvalue weighted by molar-refractivity contribution is -0.131. The van der Waals surface area contributed by atoms with Gasteiger partial charge in [0.15, 0.2) is 0 Å². The molecule has 0 unspecified atom stereocenters. The third-order valence-corrected chi connectivity index (χ3v) is 5.06. The molecule has 7 heteroatoms. The molecule has 0 aromatic rings. The number of likely N-dealkylation sites (tertiary alicyclic amines) is 1. The number of sulfonamides is 1. The molecule has 0 saturated carbocycles. The number of hydrogen-bond acceptors (Lipinski definition) is 4. The van der Waals surface area contributed by atoms with Gasteiger partial charge in [-0.15, -0.1) is 0 Å². The van der Waals surface area contributed by atoms with Gasteiger partial charge in [0.25, 0.3) is 0 Å². The summed E-state index contributed by atoms with van der Waals surface area (Å²) in [6.45, 7) is 2.80. The third kappa shape index (κ3) is 7.24. The number of nitrogens with zero attached hydrogens (tertiary/aromatic N) is 2. The van der Waals surface area contributed by atoms with Gasteiger partial charge in [-0.25, -0.2) is 12.7 Å². The zero-order chi connectivity index (χ0) is 15.7. The van der Waals surface area contributed by atoms with Crippen LogP contribution >= 0.6 is 0 Å².